The van der Waals surface area contributed by atoms with Crippen LogP contribution >= 0.6 is 11.8 Å². The van der Waals surface area contributed by atoms with Crippen molar-refractivity contribution in [3.63, 3.8) is 0 Å². The van der Waals surface area contributed by atoms with Crippen molar-refractivity contribution in [1.29, 1.82) is 0 Å². The quantitative estimate of drug-likeness (QED) is 0.734. The number of likely N-dealkylation sites (tertiary alicyclic amines) is 1. The maximum Gasteiger partial charge on any atom is 0.174 e. The molecule has 0 saturated carbocycles. The van der Waals surface area contributed by atoms with E-state index in [1.165, 1.54) is 10.5 Å². The third-order valence-corrected chi connectivity index (χ3v) is 6.18. The number of benzene rings is 2. The Bertz CT molecular complexity index is 732. The van der Waals surface area contributed by atoms with Crippen LogP contribution in [0.25, 0.3) is 0 Å². The smallest absolute Gasteiger partial charge is 0.174 e. The first-order valence-electron chi connectivity index (χ1n) is 7.80. The summed E-state index contributed by atoms with van der Waals surface area (Å²) in [6.07, 6.45) is 1.82. The largest absolute Gasteiger partial charge is 0.306 e. The summed E-state index contributed by atoms with van der Waals surface area (Å²) in [7, 11) is 2.14. The Kier molecular flexibility index (Phi) is 3.35. The van der Waals surface area contributed by atoms with E-state index in [9.17, 15) is 4.79 Å². The average Bonchev–Trinajstić information content (AvgIpc) is 2.65. The van der Waals surface area contributed by atoms with Crippen molar-refractivity contribution < 1.29 is 4.79 Å². The lowest BCUT2D eigenvalue weighted by molar-refractivity contribution is 0.0788. The molecule has 3 heteroatoms. The fourth-order valence-electron chi connectivity index (χ4n) is 3.69. The van der Waals surface area contributed by atoms with Gasteiger partial charge in [0.25, 0.3) is 0 Å². The van der Waals surface area contributed by atoms with Gasteiger partial charge >= 0.3 is 0 Å². The van der Waals surface area contributed by atoms with E-state index in [1.807, 2.05) is 18.2 Å². The molecule has 2 heterocycles. The normalized spacial score (nSPS) is 20.3. The topological polar surface area (TPSA) is 20.3 Å². The number of fused-ring (bicyclic) bond motifs is 3. The van der Waals surface area contributed by atoms with Crippen LogP contribution in [0.1, 0.15) is 28.8 Å². The highest BCUT2D eigenvalue weighted by Crippen LogP contribution is 2.48. The minimum absolute atomic E-state index is 0.314. The number of carbonyl (C=O) groups excluding carboxylic acids is 1. The fourth-order valence-corrected chi connectivity index (χ4v) is 4.86. The molecule has 2 aliphatic heterocycles. The van der Waals surface area contributed by atoms with Gasteiger partial charge in [-0.05, 0) is 50.7 Å². The van der Waals surface area contributed by atoms with Gasteiger partial charge in [0, 0.05) is 15.4 Å². The summed E-state index contributed by atoms with van der Waals surface area (Å²) >= 11 is 1.74. The van der Waals surface area contributed by atoms with Crippen LogP contribution in [-0.4, -0.2) is 30.8 Å². The summed E-state index contributed by atoms with van der Waals surface area (Å²) in [6.45, 7) is 1.96. The predicted octanol–water partition coefficient (Wildman–Crippen LogP) is 4.00. The molecule has 2 aromatic carbocycles. The molecular formula is C19H19NOS. The molecule has 2 nitrogen and oxygen atoms in total. The molecule has 0 aliphatic carbocycles. The van der Waals surface area contributed by atoms with Crippen molar-refractivity contribution in [1.82, 2.24) is 4.90 Å². The zero-order valence-electron chi connectivity index (χ0n) is 12.7. The van der Waals surface area contributed by atoms with Crippen molar-refractivity contribution in [2.24, 2.45) is 0 Å². The number of Topliss-reactive ketones (excluding diaryl/α,β-unsaturated/α-hetero) is 1. The fraction of sp³-hybridized carbons (Fsp3) is 0.316. The molecule has 0 atom stereocenters. The lowest BCUT2D eigenvalue weighted by atomic mass is 9.68. The Hall–Kier alpha value is -1.58. The molecule has 0 amide bonds. The maximum atomic E-state index is 13.5. The molecule has 1 fully saturated rings. The standard InChI is InChI=1S/C19H19NOS/c1-20-12-10-19(11-13-20)15-7-3-5-9-17(15)22-16-8-4-2-6-14(16)18(19)21/h2-9H,10-13H2,1H3. The van der Waals surface area contributed by atoms with Crippen LogP contribution < -0.4 is 0 Å². The second-order valence-corrected chi connectivity index (χ2v) is 7.39. The van der Waals surface area contributed by atoms with Gasteiger partial charge in [-0.1, -0.05) is 48.2 Å². The Labute approximate surface area is 135 Å². The van der Waals surface area contributed by atoms with E-state index in [0.717, 1.165) is 36.4 Å². The molecular weight excluding hydrogens is 290 g/mol. The van der Waals surface area contributed by atoms with E-state index < -0.39 is 0 Å². The molecule has 4 rings (SSSR count). The number of ketones is 1. The number of hydrogen-bond donors (Lipinski definition) is 0. The van der Waals surface area contributed by atoms with Crippen LogP contribution in [0.2, 0.25) is 0 Å². The van der Waals surface area contributed by atoms with Gasteiger partial charge in [0.1, 0.15) is 0 Å². The lowest BCUT2D eigenvalue weighted by Gasteiger charge is -2.40. The average molecular weight is 309 g/mol. The summed E-state index contributed by atoms with van der Waals surface area (Å²) in [5.74, 6) is 0.314. The SMILES string of the molecule is CN1CCC2(CC1)C(=O)c1ccccc1Sc1ccccc12. The van der Waals surface area contributed by atoms with Crippen molar-refractivity contribution in [2.45, 2.75) is 28.0 Å². The van der Waals surface area contributed by atoms with Crippen molar-refractivity contribution in [2.75, 3.05) is 20.1 Å². The minimum atomic E-state index is -0.345. The Balaban J connectivity index is 1.94. The molecule has 0 N–H and O–H groups in total. The van der Waals surface area contributed by atoms with Crippen LogP contribution in [-0.2, 0) is 5.41 Å². The summed E-state index contributed by atoms with van der Waals surface area (Å²) in [5, 5.41) is 0. The van der Waals surface area contributed by atoms with Gasteiger partial charge in [0.05, 0.1) is 5.41 Å². The molecule has 2 aromatic rings. The number of rotatable bonds is 0. The van der Waals surface area contributed by atoms with Gasteiger partial charge in [0.15, 0.2) is 5.78 Å². The first-order valence-corrected chi connectivity index (χ1v) is 8.62. The third kappa shape index (κ3) is 2.03. The zero-order chi connectivity index (χ0) is 15.2. The molecule has 1 spiro atoms. The lowest BCUT2D eigenvalue weighted by Crippen LogP contribution is -2.46. The van der Waals surface area contributed by atoms with Gasteiger partial charge in [-0.2, -0.15) is 0 Å². The first-order chi connectivity index (χ1) is 10.7. The van der Waals surface area contributed by atoms with Crippen LogP contribution in [0.4, 0.5) is 0 Å². The molecule has 112 valence electrons. The number of nitrogens with zero attached hydrogens (tertiary/aromatic N) is 1. The van der Waals surface area contributed by atoms with Crippen LogP contribution in [0, 0.1) is 0 Å². The molecule has 0 aromatic heterocycles. The van der Waals surface area contributed by atoms with E-state index in [2.05, 4.69) is 42.3 Å². The van der Waals surface area contributed by atoms with Gasteiger partial charge in [0.2, 0.25) is 0 Å². The molecule has 0 unspecified atom stereocenters. The summed E-state index contributed by atoms with van der Waals surface area (Å²) in [5.41, 5.74) is 1.78. The highest BCUT2D eigenvalue weighted by molar-refractivity contribution is 7.99. The van der Waals surface area contributed by atoms with Gasteiger partial charge in [-0.15, -0.1) is 0 Å². The third-order valence-electron chi connectivity index (χ3n) is 5.03. The zero-order valence-corrected chi connectivity index (χ0v) is 13.5. The van der Waals surface area contributed by atoms with E-state index in [-0.39, 0.29) is 5.41 Å². The maximum absolute atomic E-state index is 13.5. The van der Waals surface area contributed by atoms with E-state index in [1.54, 1.807) is 11.8 Å². The van der Waals surface area contributed by atoms with Crippen LogP contribution in [0.15, 0.2) is 58.3 Å². The van der Waals surface area contributed by atoms with E-state index in [4.69, 9.17) is 0 Å². The van der Waals surface area contributed by atoms with E-state index in [0.29, 0.717) is 5.78 Å². The molecule has 0 bridgehead atoms. The van der Waals surface area contributed by atoms with E-state index >= 15 is 0 Å². The summed E-state index contributed by atoms with van der Waals surface area (Å²) < 4.78 is 0. The second kappa shape index (κ2) is 5.25. The van der Waals surface area contributed by atoms with Gasteiger partial charge in [-0.3, -0.25) is 4.79 Å². The predicted molar refractivity (Wildman–Crippen MR) is 89.7 cm³/mol. The molecule has 2 aliphatic rings. The van der Waals surface area contributed by atoms with Crippen LogP contribution in [0.3, 0.4) is 0 Å². The summed E-state index contributed by atoms with van der Waals surface area (Å²) in [4.78, 5) is 18.1. The Morgan fingerprint density at radius 3 is 2.36 bits per heavy atom. The number of piperidine rings is 1. The Morgan fingerprint density at radius 2 is 1.59 bits per heavy atom. The first kappa shape index (κ1) is 14.0. The molecule has 22 heavy (non-hydrogen) atoms. The monoisotopic (exact) mass is 309 g/mol. The van der Waals surface area contributed by atoms with Crippen molar-refractivity contribution >= 4 is 17.5 Å². The van der Waals surface area contributed by atoms with Crippen molar-refractivity contribution in [3.8, 4) is 0 Å². The Morgan fingerprint density at radius 1 is 0.955 bits per heavy atom. The highest BCUT2D eigenvalue weighted by atomic mass is 32.2. The van der Waals surface area contributed by atoms with Crippen LogP contribution in [0.5, 0.6) is 0 Å². The second-order valence-electron chi connectivity index (χ2n) is 6.31. The van der Waals surface area contributed by atoms with Crippen molar-refractivity contribution in [3.05, 3.63) is 59.7 Å². The molecule has 0 radical (unpaired) electrons. The highest BCUT2D eigenvalue weighted by Gasteiger charge is 2.45. The molecule has 1 saturated heterocycles. The summed E-state index contributed by atoms with van der Waals surface area (Å²) in [6, 6.07) is 16.5. The van der Waals surface area contributed by atoms with Gasteiger partial charge < -0.3 is 4.90 Å². The number of carbonyl (C=O) groups is 1. The minimum Gasteiger partial charge on any atom is -0.306 e. The number of hydrogen-bond acceptors (Lipinski definition) is 3. The van der Waals surface area contributed by atoms with Gasteiger partial charge in [-0.25, -0.2) is 0 Å².